The monoisotopic (exact) mass is 381 g/mol. The fourth-order valence-electron chi connectivity index (χ4n) is 6.50. The summed E-state index contributed by atoms with van der Waals surface area (Å²) in [6.45, 7) is 5.32. The van der Waals surface area contributed by atoms with E-state index in [1.165, 1.54) is 32.1 Å². The Hall–Kier alpha value is -0.200. The van der Waals surface area contributed by atoms with Crippen LogP contribution in [0.4, 0.5) is 0 Å². The highest BCUT2D eigenvalue weighted by atomic mass is 17.2. The molecule has 0 spiro atoms. The van der Waals surface area contributed by atoms with E-state index in [0.717, 1.165) is 44.1 Å². The number of methoxy groups -OCH3 is 1. The largest absolute Gasteiger partial charge is 0.389 e. The first-order chi connectivity index (χ1) is 12.9. The highest BCUT2D eigenvalue weighted by Crippen LogP contribution is 2.60. The van der Waals surface area contributed by atoms with Gasteiger partial charge in [-0.15, -0.1) is 0 Å². The summed E-state index contributed by atoms with van der Waals surface area (Å²) in [7, 11) is 1.82. The molecular weight excluding hydrogens is 342 g/mol. The van der Waals surface area contributed by atoms with E-state index in [0.29, 0.717) is 24.3 Å². The molecule has 5 fully saturated rings. The molecule has 5 rings (SSSR count). The Labute approximate surface area is 164 Å². The van der Waals surface area contributed by atoms with E-state index >= 15 is 0 Å². The zero-order chi connectivity index (χ0) is 19.1. The van der Waals surface area contributed by atoms with Crippen molar-refractivity contribution in [1.82, 2.24) is 5.32 Å². The number of ether oxygens (including phenoxy) is 1. The molecule has 0 unspecified atom stereocenters. The van der Waals surface area contributed by atoms with Gasteiger partial charge in [-0.2, -0.15) is 0 Å². The molecule has 0 radical (unpaired) electrons. The molecule has 5 saturated carbocycles. The topological polar surface area (TPSA) is 60.0 Å². The van der Waals surface area contributed by atoms with Crippen molar-refractivity contribution < 1.29 is 19.6 Å². The first-order valence-corrected chi connectivity index (χ1v) is 11.2. The average molecular weight is 382 g/mol. The van der Waals surface area contributed by atoms with Crippen molar-refractivity contribution in [3.05, 3.63) is 0 Å². The van der Waals surface area contributed by atoms with Crippen molar-refractivity contribution in [3.63, 3.8) is 0 Å². The number of nitrogens with one attached hydrogen (secondary N) is 1. The van der Waals surface area contributed by atoms with Crippen LogP contribution in [0.5, 0.6) is 0 Å². The molecule has 0 heterocycles. The molecule has 156 valence electrons. The summed E-state index contributed by atoms with van der Waals surface area (Å²) in [5.74, 6) is 3.00. The minimum atomic E-state index is -0.638. The van der Waals surface area contributed by atoms with Crippen LogP contribution in [0.25, 0.3) is 0 Å². The van der Waals surface area contributed by atoms with Gasteiger partial charge in [-0.25, -0.2) is 9.78 Å². The summed E-state index contributed by atoms with van der Waals surface area (Å²) >= 11 is 0. The number of aliphatic hydroxyl groups is 1. The molecule has 27 heavy (non-hydrogen) atoms. The first kappa shape index (κ1) is 20.1. The van der Waals surface area contributed by atoms with Crippen LogP contribution < -0.4 is 5.32 Å². The normalized spacial score (nSPS) is 44.0. The molecule has 0 atom stereocenters. The minimum absolute atomic E-state index is 0.194. The zero-order valence-electron chi connectivity index (χ0n) is 17.4. The Kier molecular flexibility index (Phi) is 5.88. The molecule has 0 aliphatic heterocycles. The van der Waals surface area contributed by atoms with Gasteiger partial charge in [0.1, 0.15) is 0 Å². The summed E-state index contributed by atoms with van der Waals surface area (Å²) in [4.78, 5) is 12.2. The Bertz CT molecular complexity index is 467. The minimum Gasteiger partial charge on any atom is -0.389 e. The number of rotatable bonds is 8. The molecule has 4 bridgehead atoms. The fourth-order valence-corrected chi connectivity index (χ4v) is 6.50. The lowest BCUT2D eigenvalue weighted by Crippen LogP contribution is -2.60. The maximum absolute atomic E-state index is 9.81. The maximum Gasteiger partial charge on any atom is 0.207 e. The Morgan fingerprint density at radius 3 is 2.07 bits per heavy atom. The Morgan fingerprint density at radius 1 is 0.963 bits per heavy atom. The van der Waals surface area contributed by atoms with Crippen molar-refractivity contribution in [2.75, 3.05) is 20.2 Å². The molecule has 5 heteroatoms. The van der Waals surface area contributed by atoms with Crippen LogP contribution in [0.3, 0.4) is 0 Å². The molecule has 0 saturated heterocycles. The second kappa shape index (κ2) is 7.91. The average Bonchev–Trinajstić information content (AvgIpc) is 2.61. The molecule has 0 aromatic carbocycles. The van der Waals surface area contributed by atoms with Gasteiger partial charge in [-0.05, 0) is 95.9 Å². The standard InChI is InChI=1S/C22H39NO4/c1-21(2,24)14-23-13-15-4-6-20(7-5-15)26-27-22(25-3)18-9-16-8-17(11-18)12-19(22)10-16/h15-20,23-24H,4-14H2,1-3H3. The van der Waals surface area contributed by atoms with E-state index < -0.39 is 11.4 Å². The van der Waals surface area contributed by atoms with Gasteiger partial charge in [0.15, 0.2) is 0 Å². The summed E-state index contributed by atoms with van der Waals surface area (Å²) in [5, 5.41) is 13.2. The van der Waals surface area contributed by atoms with Crippen LogP contribution in [-0.4, -0.2) is 42.8 Å². The van der Waals surface area contributed by atoms with E-state index in [2.05, 4.69) is 5.32 Å². The third-order valence-electron chi connectivity index (χ3n) is 7.69. The van der Waals surface area contributed by atoms with E-state index in [-0.39, 0.29) is 6.10 Å². The summed E-state index contributed by atoms with van der Waals surface area (Å²) in [5.41, 5.74) is -0.638. The van der Waals surface area contributed by atoms with Crippen LogP contribution >= 0.6 is 0 Å². The summed E-state index contributed by atoms with van der Waals surface area (Å²) in [6.07, 6.45) is 11.1. The van der Waals surface area contributed by atoms with Gasteiger partial charge in [0.25, 0.3) is 0 Å². The van der Waals surface area contributed by atoms with Crippen molar-refractivity contribution >= 4 is 0 Å². The second-order valence-corrected chi connectivity index (χ2v) is 10.5. The molecule has 0 amide bonds. The lowest BCUT2D eigenvalue weighted by atomic mass is 9.53. The van der Waals surface area contributed by atoms with E-state index in [9.17, 15) is 5.11 Å². The third-order valence-corrected chi connectivity index (χ3v) is 7.69. The number of hydrogen-bond acceptors (Lipinski definition) is 5. The smallest absolute Gasteiger partial charge is 0.207 e. The van der Waals surface area contributed by atoms with E-state index in [1.807, 2.05) is 21.0 Å². The molecule has 0 aromatic heterocycles. The lowest BCUT2D eigenvalue weighted by Gasteiger charge is -2.58. The van der Waals surface area contributed by atoms with Gasteiger partial charge in [0.05, 0.1) is 11.7 Å². The van der Waals surface area contributed by atoms with Gasteiger partial charge in [-0.1, -0.05) is 0 Å². The van der Waals surface area contributed by atoms with Crippen molar-refractivity contribution in [3.8, 4) is 0 Å². The van der Waals surface area contributed by atoms with Crippen LogP contribution in [0.1, 0.15) is 71.6 Å². The SMILES string of the molecule is COC1(OOC2CCC(CNCC(C)(C)O)CC2)C2CC3CC(C2)CC1C3. The van der Waals surface area contributed by atoms with Gasteiger partial charge in [0, 0.05) is 25.5 Å². The van der Waals surface area contributed by atoms with Crippen LogP contribution in [0.2, 0.25) is 0 Å². The van der Waals surface area contributed by atoms with Crippen molar-refractivity contribution in [1.29, 1.82) is 0 Å². The van der Waals surface area contributed by atoms with Crippen molar-refractivity contribution in [2.45, 2.75) is 89.1 Å². The van der Waals surface area contributed by atoms with Gasteiger partial charge >= 0.3 is 0 Å². The molecule has 2 N–H and O–H groups in total. The van der Waals surface area contributed by atoms with Crippen LogP contribution in [0, 0.1) is 29.6 Å². The highest BCUT2D eigenvalue weighted by molar-refractivity contribution is 5.03. The molecule has 5 nitrogen and oxygen atoms in total. The molecular formula is C22H39NO4. The fraction of sp³-hybridized carbons (Fsp3) is 1.00. The van der Waals surface area contributed by atoms with E-state index in [1.54, 1.807) is 0 Å². The zero-order valence-corrected chi connectivity index (χ0v) is 17.4. The Balaban J connectivity index is 1.23. The molecule has 5 aliphatic carbocycles. The van der Waals surface area contributed by atoms with Gasteiger partial charge in [0.2, 0.25) is 5.79 Å². The highest BCUT2D eigenvalue weighted by Gasteiger charge is 2.60. The quantitative estimate of drug-likeness (QED) is 0.382. The summed E-state index contributed by atoms with van der Waals surface area (Å²) < 4.78 is 6.03. The summed E-state index contributed by atoms with van der Waals surface area (Å²) in [6, 6.07) is 0. The predicted molar refractivity (Wildman–Crippen MR) is 104 cm³/mol. The Morgan fingerprint density at radius 2 is 1.56 bits per heavy atom. The second-order valence-electron chi connectivity index (χ2n) is 10.5. The molecule has 0 aromatic rings. The van der Waals surface area contributed by atoms with E-state index in [4.69, 9.17) is 14.5 Å². The van der Waals surface area contributed by atoms with Gasteiger partial charge < -0.3 is 15.2 Å². The predicted octanol–water partition coefficient (Wildman–Crippen LogP) is 3.65. The van der Waals surface area contributed by atoms with Crippen molar-refractivity contribution in [2.24, 2.45) is 29.6 Å². The van der Waals surface area contributed by atoms with Crippen LogP contribution in [-0.2, 0) is 14.5 Å². The number of hydrogen-bond donors (Lipinski definition) is 2. The molecule has 5 aliphatic rings. The lowest BCUT2D eigenvalue weighted by molar-refractivity contribution is -0.485. The van der Waals surface area contributed by atoms with Crippen LogP contribution in [0.15, 0.2) is 0 Å². The first-order valence-electron chi connectivity index (χ1n) is 11.2. The third kappa shape index (κ3) is 4.37. The maximum atomic E-state index is 9.81. The van der Waals surface area contributed by atoms with Gasteiger partial charge in [-0.3, -0.25) is 0 Å².